The predicted molar refractivity (Wildman–Crippen MR) is 160 cm³/mol. The number of carboxylic acid groups (broad SMARTS) is 1. The van der Waals surface area contributed by atoms with Crippen LogP contribution in [-0.2, 0) is 4.79 Å². The number of rotatable bonds is 22. The third-order valence-electron chi connectivity index (χ3n) is 6.36. The van der Waals surface area contributed by atoms with Crippen molar-refractivity contribution in [3.8, 4) is 0 Å². The Labute approximate surface area is 241 Å². The molecule has 0 fully saturated rings. The lowest BCUT2D eigenvalue weighted by Crippen LogP contribution is -3.00. The molecule has 0 saturated carbocycles. The molecular formula is C32H71ClN2O2. The monoisotopic (exact) mass is 551 g/mol. The highest BCUT2D eigenvalue weighted by atomic mass is 35.5. The summed E-state index contributed by atoms with van der Waals surface area (Å²) in [4.78, 5) is 8.89. The number of aliphatic carboxylic acids is 1. The van der Waals surface area contributed by atoms with Crippen molar-refractivity contribution in [2.75, 3.05) is 55.4 Å². The van der Waals surface area contributed by atoms with Gasteiger partial charge in [0.25, 0.3) is 0 Å². The molecule has 37 heavy (non-hydrogen) atoms. The van der Waals surface area contributed by atoms with Crippen molar-refractivity contribution in [3.05, 3.63) is 0 Å². The summed E-state index contributed by atoms with van der Waals surface area (Å²) in [6, 6.07) is 0. The van der Waals surface area contributed by atoms with E-state index in [1.807, 2.05) is 0 Å². The Balaban J connectivity index is -0.000000251. The molecule has 0 aromatic heterocycles. The van der Waals surface area contributed by atoms with Crippen LogP contribution in [0.25, 0.3) is 0 Å². The summed E-state index contributed by atoms with van der Waals surface area (Å²) in [5.74, 6) is -1.08. The molecule has 228 valence electrons. The lowest BCUT2D eigenvalue weighted by Gasteiger charge is -2.23. The van der Waals surface area contributed by atoms with Crippen LogP contribution in [0.2, 0.25) is 0 Å². The Morgan fingerprint density at radius 3 is 0.784 bits per heavy atom. The summed E-state index contributed by atoms with van der Waals surface area (Å²) < 4.78 is 2.24. The number of quaternary nitrogens is 2. The summed E-state index contributed by atoms with van der Waals surface area (Å²) in [7, 11) is 13.7. The third kappa shape index (κ3) is 61.4. The average molecular weight is 551 g/mol. The van der Waals surface area contributed by atoms with Crippen molar-refractivity contribution < 1.29 is 31.3 Å². The molecule has 0 aliphatic carbocycles. The summed E-state index contributed by atoms with van der Waals surface area (Å²) in [5.41, 5.74) is 0. The van der Waals surface area contributed by atoms with Crippen LogP contribution in [-0.4, -0.2) is 70.3 Å². The maximum Gasteiger partial charge on any atom is 0.0780 e. The Bertz CT molecular complexity index is 393. The van der Waals surface area contributed by atoms with Crippen LogP contribution in [0.3, 0.4) is 0 Å². The van der Waals surface area contributed by atoms with E-state index in [0.29, 0.717) is 0 Å². The minimum Gasteiger partial charge on any atom is -1.00 e. The van der Waals surface area contributed by atoms with E-state index >= 15 is 0 Å². The van der Waals surface area contributed by atoms with Gasteiger partial charge in [-0.05, 0) is 32.6 Å². The minimum absolute atomic E-state index is 0. The van der Waals surface area contributed by atoms with Crippen LogP contribution in [0, 0.1) is 0 Å². The van der Waals surface area contributed by atoms with E-state index in [1.165, 1.54) is 142 Å². The maximum atomic E-state index is 8.89. The molecular weight excluding hydrogens is 480 g/mol. The first-order chi connectivity index (χ1) is 16.9. The highest BCUT2D eigenvalue weighted by Gasteiger charge is 2.05. The number of carbonyl (C=O) groups is 1. The van der Waals surface area contributed by atoms with E-state index in [9.17, 15) is 0 Å². The normalized spacial score (nSPS) is 11.1. The average Bonchev–Trinajstić information content (AvgIpc) is 2.75. The second kappa shape index (κ2) is 31.9. The van der Waals surface area contributed by atoms with Crippen molar-refractivity contribution in [2.45, 2.75) is 149 Å². The Morgan fingerprint density at radius 1 is 0.459 bits per heavy atom. The summed E-state index contributed by atoms with van der Waals surface area (Å²) in [6.45, 7) is 8.20. The zero-order valence-electron chi connectivity index (χ0n) is 27.1. The highest BCUT2D eigenvalue weighted by Crippen LogP contribution is 2.12. The number of halogens is 1. The Morgan fingerprint density at radius 2 is 0.622 bits per heavy atom. The number of carbonyl (C=O) groups excluding carboxylic acids is 1. The van der Waals surface area contributed by atoms with Gasteiger partial charge < -0.3 is 31.3 Å². The van der Waals surface area contributed by atoms with Crippen LogP contribution in [0.15, 0.2) is 0 Å². The molecule has 0 atom stereocenters. The topological polar surface area (TPSA) is 40.1 Å². The summed E-state index contributed by atoms with van der Waals surface area (Å²) >= 11 is 0. The second-order valence-corrected chi connectivity index (χ2v) is 12.9. The summed E-state index contributed by atoms with van der Waals surface area (Å²) in [6.07, 6.45) is 28.8. The highest BCUT2D eigenvalue weighted by molar-refractivity contribution is 5.60. The number of hydrogen-bond donors (Lipinski definition) is 0. The van der Waals surface area contributed by atoms with Gasteiger partial charge in [0.1, 0.15) is 0 Å². The van der Waals surface area contributed by atoms with Gasteiger partial charge in [0.15, 0.2) is 0 Å². The van der Waals surface area contributed by atoms with Gasteiger partial charge in [-0.1, -0.05) is 117 Å². The van der Waals surface area contributed by atoms with Crippen LogP contribution in [0.5, 0.6) is 0 Å². The van der Waals surface area contributed by atoms with Gasteiger partial charge in [-0.2, -0.15) is 0 Å². The van der Waals surface area contributed by atoms with Gasteiger partial charge in [0.05, 0.1) is 55.4 Å². The first-order valence-electron chi connectivity index (χ1n) is 15.6. The zero-order chi connectivity index (χ0) is 28.1. The van der Waals surface area contributed by atoms with E-state index in [-0.39, 0.29) is 12.4 Å². The van der Waals surface area contributed by atoms with Crippen LogP contribution in [0.4, 0.5) is 0 Å². The summed E-state index contributed by atoms with van der Waals surface area (Å²) in [5, 5.41) is 8.89. The molecule has 0 aliphatic rings. The molecule has 4 nitrogen and oxygen atoms in total. The quantitative estimate of drug-likeness (QED) is 0.141. The lowest BCUT2D eigenvalue weighted by molar-refractivity contribution is -0.870. The van der Waals surface area contributed by atoms with Crippen LogP contribution in [0.1, 0.15) is 149 Å². The maximum absolute atomic E-state index is 8.89. The molecule has 0 amide bonds. The number of nitrogens with zero attached hydrogens (tertiary/aromatic N) is 2. The van der Waals surface area contributed by atoms with Gasteiger partial charge in [-0.25, -0.2) is 0 Å². The SMILES string of the molecule is CC(=O)[O-].CCCCCCCCCCCC[N+](C)(C)C.CCCCCCCCCCCC[N+](C)(C)C.[Cl-]. The minimum atomic E-state index is -1.08. The second-order valence-electron chi connectivity index (χ2n) is 12.9. The fourth-order valence-electron chi connectivity index (χ4n) is 4.15. The number of hydrogen-bond acceptors (Lipinski definition) is 2. The van der Waals surface area contributed by atoms with Crippen LogP contribution < -0.4 is 17.5 Å². The molecule has 0 aromatic carbocycles. The van der Waals surface area contributed by atoms with Crippen molar-refractivity contribution in [2.24, 2.45) is 0 Å². The largest absolute Gasteiger partial charge is 1.00 e. The molecule has 0 spiro atoms. The van der Waals surface area contributed by atoms with Crippen LogP contribution >= 0.6 is 0 Å². The fourth-order valence-corrected chi connectivity index (χ4v) is 4.15. The third-order valence-corrected chi connectivity index (χ3v) is 6.36. The van der Waals surface area contributed by atoms with E-state index < -0.39 is 5.97 Å². The zero-order valence-corrected chi connectivity index (χ0v) is 27.9. The van der Waals surface area contributed by atoms with Crippen molar-refractivity contribution >= 4 is 5.97 Å². The predicted octanol–water partition coefficient (Wildman–Crippen LogP) is 4.99. The van der Waals surface area contributed by atoms with Gasteiger partial charge in [0.2, 0.25) is 0 Å². The fraction of sp³-hybridized carbons (Fsp3) is 0.969. The van der Waals surface area contributed by atoms with Gasteiger partial charge >= 0.3 is 0 Å². The first kappa shape index (κ1) is 43.7. The standard InChI is InChI=1S/2C15H34N.C2H4O2.ClH/c2*1-5-6-7-8-9-10-11-12-13-14-15-16(2,3)4;1-2(3)4;/h2*5-15H2,1-4H3;1H3,(H,3,4);1H/q2*+1;;/p-2. The molecule has 0 N–H and O–H groups in total. The first-order valence-corrected chi connectivity index (χ1v) is 15.6. The Kier molecular flexibility index (Phi) is 37.7. The number of unbranched alkanes of at least 4 members (excludes halogenated alkanes) is 18. The van der Waals surface area contributed by atoms with E-state index in [2.05, 4.69) is 56.1 Å². The lowest BCUT2D eigenvalue weighted by atomic mass is 10.1. The molecule has 0 radical (unpaired) electrons. The Hall–Kier alpha value is -0.320. The van der Waals surface area contributed by atoms with Gasteiger partial charge in [-0.3, -0.25) is 0 Å². The molecule has 0 bridgehead atoms. The van der Waals surface area contributed by atoms with E-state index in [1.54, 1.807) is 0 Å². The number of carboxylic acids is 1. The van der Waals surface area contributed by atoms with E-state index in [0.717, 1.165) is 15.9 Å². The smallest absolute Gasteiger partial charge is 0.0780 e. The molecule has 0 saturated heterocycles. The van der Waals surface area contributed by atoms with E-state index in [4.69, 9.17) is 9.90 Å². The molecule has 0 unspecified atom stereocenters. The molecule has 5 heteroatoms. The molecule has 0 aromatic rings. The van der Waals surface area contributed by atoms with Gasteiger partial charge in [0, 0.05) is 5.97 Å². The van der Waals surface area contributed by atoms with Crippen molar-refractivity contribution in [1.82, 2.24) is 0 Å². The molecule has 0 heterocycles. The molecule has 0 aliphatic heterocycles. The van der Waals surface area contributed by atoms with Crippen molar-refractivity contribution in [3.63, 3.8) is 0 Å². The van der Waals surface area contributed by atoms with Gasteiger partial charge in [-0.15, -0.1) is 0 Å². The molecule has 0 rings (SSSR count). The van der Waals surface area contributed by atoms with Crippen molar-refractivity contribution in [1.29, 1.82) is 0 Å².